The Morgan fingerprint density at radius 3 is 2.86 bits per heavy atom. The van der Waals surface area contributed by atoms with Crippen LogP contribution in [0.1, 0.15) is 61.0 Å². The van der Waals surface area contributed by atoms with Crippen molar-refractivity contribution in [3.63, 3.8) is 0 Å². The van der Waals surface area contributed by atoms with Gasteiger partial charge in [0.1, 0.15) is 5.75 Å². The Bertz CT molecular complexity index is 1250. The first-order valence-corrected chi connectivity index (χ1v) is 12.1. The van der Waals surface area contributed by atoms with Crippen LogP contribution >= 0.6 is 0 Å². The monoisotopic (exact) mass is 473 g/mol. The van der Waals surface area contributed by atoms with Gasteiger partial charge in [-0.1, -0.05) is 18.6 Å². The number of benzene rings is 1. The van der Waals surface area contributed by atoms with Crippen molar-refractivity contribution in [3.05, 3.63) is 66.1 Å². The molecule has 2 amide bonds. The average molecular weight is 474 g/mol. The van der Waals surface area contributed by atoms with Crippen molar-refractivity contribution in [2.24, 2.45) is 7.05 Å². The molecular weight excluding hydrogens is 442 g/mol. The van der Waals surface area contributed by atoms with Gasteiger partial charge in [-0.15, -0.1) is 0 Å². The molecule has 1 N–H and O–H groups in total. The van der Waals surface area contributed by atoms with Gasteiger partial charge < -0.3 is 15.0 Å². The molecule has 0 spiro atoms. The number of carbonyl (C=O) groups is 2. The topological polar surface area (TPSA) is 89.3 Å². The van der Waals surface area contributed by atoms with Crippen LogP contribution in [0.3, 0.4) is 0 Å². The van der Waals surface area contributed by atoms with E-state index in [2.05, 4.69) is 22.3 Å². The van der Waals surface area contributed by atoms with E-state index in [1.807, 2.05) is 48.5 Å². The third-order valence-corrected chi connectivity index (χ3v) is 7.30. The number of aryl methyl sites for hydroxylation is 1. The van der Waals surface area contributed by atoms with E-state index in [1.54, 1.807) is 30.3 Å². The number of hydrogen-bond acceptors (Lipinski definition) is 5. The molecular formula is C27H31N5O3. The summed E-state index contributed by atoms with van der Waals surface area (Å²) in [6.45, 7) is 2.08. The molecule has 2 fully saturated rings. The third kappa shape index (κ3) is 4.40. The van der Waals surface area contributed by atoms with Crippen molar-refractivity contribution in [1.82, 2.24) is 25.0 Å². The van der Waals surface area contributed by atoms with Crippen LogP contribution in [-0.2, 0) is 11.8 Å². The zero-order valence-corrected chi connectivity index (χ0v) is 20.4. The summed E-state index contributed by atoms with van der Waals surface area (Å²) in [4.78, 5) is 33.3. The number of carbonyl (C=O) groups excluding carboxylic acids is 2. The van der Waals surface area contributed by atoms with Crippen molar-refractivity contribution in [2.75, 3.05) is 7.11 Å². The van der Waals surface area contributed by atoms with Crippen molar-refractivity contribution < 1.29 is 14.3 Å². The van der Waals surface area contributed by atoms with E-state index in [0.717, 1.165) is 36.1 Å². The van der Waals surface area contributed by atoms with Gasteiger partial charge in [0, 0.05) is 37.0 Å². The molecule has 2 aliphatic rings. The molecule has 2 saturated heterocycles. The minimum atomic E-state index is -0.514. The third-order valence-electron chi connectivity index (χ3n) is 7.30. The minimum absolute atomic E-state index is 0.0543. The van der Waals surface area contributed by atoms with E-state index in [-0.39, 0.29) is 23.9 Å². The second-order valence-corrected chi connectivity index (χ2v) is 9.77. The van der Waals surface area contributed by atoms with Gasteiger partial charge in [0.15, 0.2) is 0 Å². The summed E-state index contributed by atoms with van der Waals surface area (Å²) in [7, 11) is 3.49. The standard InChI is InChI=1S/C27H31N5O3/c1-27-15-23(18-7-6-8-21(13-18)35-3)32(24(27)9-4-5-10-25(33)30-27)26(34)19-11-12-28-22(14-19)20-16-29-31(2)17-20/h6-8,11-14,16-17,23-24H,4-5,9-10,15H2,1-3H3,(H,30,33)/t23-,24-,27-/m0/s1. The number of fused-ring (bicyclic) bond motifs is 1. The van der Waals surface area contributed by atoms with Gasteiger partial charge in [-0.3, -0.25) is 19.3 Å². The van der Waals surface area contributed by atoms with Gasteiger partial charge >= 0.3 is 0 Å². The quantitative estimate of drug-likeness (QED) is 0.621. The molecule has 2 aromatic heterocycles. The predicted octanol–water partition coefficient (Wildman–Crippen LogP) is 3.90. The van der Waals surface area contributed by atoms with Gasteiger partial charge in [-0.05, 0) is 56.0 Å². The Labute approximate surface area is 205 Å². The molecule has 3 atom stereocenters. The maximum atomic E-state index is 14.2. The lowest BCUT2D eigenvalue weighted by molar-refractivity contribution is -0.123. The molecule has 5 rings (SSSR count). The minimum Gasteiger partial charge on any atom is -0.497 e. The summed E-state index contributed by atoms with van der Waals surface area (Å²) in [5, 5.41) is 7.51. The summed E-state index contributed by atoms with van der Waals surface area (Å²) >= 11 is 0. The maximum Gasteiger partial charge on any atom is 0.254 e. The Morgan fingerprint density at radius 1 is 1.23 bits per heavy atom. The first-order valence-electron chi connectivity index (χ1n) is 12.1. The second-order valence-electron chi connectivity index (χ2n) is 9.77. The zero-order valence-electron chi connectivity index (χ0n) is 20.4. The number of rotatable bonds is 4. The van der Waals surface area contributed by atoms with Crippen LogP contribution in [0, 0.1) is 0 Å². The smallest absolute Gasteiger partial charge is 0.254 e. The van der Waals surface area contributed by atoms with Gasteiger partial charge in [-0.2, -0.15) is 5.10 Å². The van der Waals surface area contributed by atoms with Crippen molar-refractivity contribution in [2.45, 2.75) is 56.7 Å². The van der Waals surface area contributed by atoms with E-state index < -0.39 is 5.54 Å². The van der Waals surface area contributed by atoms with Crippen LogP contribution in [-0.4, -0.2) is 50.2 Å². The van der Waals surface area contributed by atoms with E-state index >= 15 is 0 Å². The van der Waals surface area contributed by atoms with Crippen LogP contribution in [0.4, 0.5) is 0 Å². The van der Waals surface area contributed by atoms with Crippen LogP contribution in [0.2, 0.25) is 0 Å². The van der Waals surface area contributed by atoms with Crippen molar-refractivity contribution in [1.29, 1.82) is 0 Å². The molecule has 182 valence electrons. The highest BCUT2D eigenvalue weighted by Crippen LogP contribution is 2.46. The molecule has 1 aromatic carbocycles. The fourth-order valence-electron chi connectivity index (χ4n) is 5.59. The first kappa shape index (κ1) is 23.1. The predicted molar refractivity (Wildman–Crippen MR) is 132 cm³/mol. The van der Waals surface area contributed by atoms with E-state index in [9.17, 15) is 9.59 Å². The maximum absolute atomic E-state index is 14.2. The number of methoxy groups -OCH3 is 1. The van der Waals surface area contributed by atoms with E-state index in [4.69, 9.17) is 4.74 Å². The van der Waals surface area contributed by atoms with Gasteiger partial charge in [0.2, 0.25) is 5.91 Å². The lowest BCUT2D eigenvalue weighted by Crippen LogP contribution is -2.56. The fraction of sp³-hybridized carbons (Fsp3) is 0.407. The van der Waals surface area contributed by atoms with Gasteiger partial charge in [0.05, 0.1) is 36.6 Å². The molecule has 0 saturated carbocycles. The summed E-state index contributed by atoms with van der Waals surface area (Å²) < 4.78 is 7.19. The molecule has 35 heavy (non-hydrogen) atoms. The number of likely N-dealkylation sites (tertiary alicyclic amines) is 1. The Morgan fingerprint density at radius 2 is 2.09 bits per heavy atom. The first-order chi connectivity index (χ1) is 16.9. The van der Waals surface area contributed by atoms with Crippen molar-refractivity contribution >= 4 is 11.8 Å². The lowest BCUT2D eigenvalue weighted by Gasteiger charge is -2.38. The molecule has 4 heterocycles. The SMILES string of the molecule is COc1cccc([C@@H]2C[C@]3(C)NC(=O)CCCC[C@@H]3N2C(=O)c2ccnc(-c3cnn(C)c3)c2)c1. The molecule has 0 unspecified atom stereocenters. The fourth-order valence-corrected chi connectivity index (χ4v) is 5.59. The van der Waals surface area contributed by atoms with Crippen molar-refractivity contribution in [3.8, 4) is 17.0 Å². The van der Waals surface area contributed by atoms with Gasteiger partial charge in [-0.25, -0.2) is 0 Å². The van der Waals surface area contributed by atoms with E-state index in [1.165, 1.54) is 0 Å². The number of aromatic nitrogens is 3. The summed E-state index contributed by atoms with van der Waals surface area (Å²) in [6, 6.07) is 11.2. The molecule has 2 aliphatic heterocycles. The van der Waals surface area contributed by atoms with Crippen LogP contribution < -0.4 is 10.1 Å². The number of pyridine rings is 1. The number of hydrogen-bond donors (Lipinski definition) is 1. The molecule has 8 heteroatoms. The second kappa shape index (κ2) is 9.17. The van der Waals surface area contributed by atoms with E-state index in [0.29, 0.717) is 24.1 Å². The molecule has 0 radical (unpaired) electrons. The molecule has 0 bridgehead atoms. The number of nitrogens with one attached hydrogen (secondary N) is 1. The summed E-state index contributed by atoms with van der Waals surface area (Å²) in [6.07, 6.45) is 9.03. The number of amides is 2. The normalized spacial score (nSPS) is 24.3. The summed E-state index contributed by atoms with van der Waals surface area (Å²) in [5.74, 6) is 0.740. The highest BCUT2D eigenvalue weighted by atomic mass is 16.5. The Hall–Kier alpha value is -3.68. The highest BCUT2D eigenvalue weighted by molar-refractivity contribution is 5.96. The molecule has 8 nitrogen and oxygen atoms in total. The number of nitrogens with zero attached hydrogens (tertiary/aromatic N) is 4. The highest BCUT2D eigenvalue weighted by Gasteiger charge is 2.52. The molecule has 3 aromatic rings. The Kier molecular flexibility index (Phi) is 6.05. The van der Waals surface area contributed by atoms with Crippen LogP contribution in [0.25, 0.3) is 11.3 Å². The largest absolute Gasteiger partial charge is 0.497 e. The van der Waals surface area contributed by atoms with Gasteiger partial charge in [0.25, 0.3) is 5.91 Å². The number of ether oxygens (including phenoxy) is 1. The summed E-state index contributed by atoms with van der Waals surface area (Å²) in [5.41, 5.74) is 2.62. The van der Waals surface area contributed by atoms with Crippen LogP contribution in [0.5, 0.6) is 5.75 Å². The zero-order chi connectivity index (χ0) is 24.6. The van der Waals surface area contributed by atoms with Crippen LogP contribution in [0.15, 0.2) is 55.0 Å². The average Bonchev–Trinajstić information content (AvgIpc) is 3.41. The lowest BCUT2D eigenvalue weighted by atomic mass is 9.85. The molecule has 0 aliphatic carbocycles. The Balaban J connectivity index is 1.57.